The number of carbonyl (C=O) groups is 2. The number of carbonyl (C=O) groups excluding carboxylic acids is 2. The lowest BCUT2D eigenvalue weighted by Gasteiger charge is -2.19. The van der Waals surface area contributed by atoms with Gasteiger partial charge in [0.05, 0.1) is 17.9 Å². The molecule has 2 aliphatic carbocycles. The van der Waals surface area contributed by atoms with Crippen molar-refractivity contribution in [3.05, 3.63) is 41.7 Å². The first-order chi connectivity index (χ1) is 14.8. The van der Waals surface area contributed by atoms with Gasteiger partial charge < -0.3 is 4.74 Å². The zero-order chi connectivity index (χ0) is 22.1. The Bertz CT molecular complexity index is 999. The predicted octanol–water partition coefficient (Wildman–Crippen LogP) is 2.52. The van der Waals surface area contributed by atoms with Crippen LogP contribution in [0.1, 0.15) is 50.5 Å². The molecule has 1 aromatic carbocycles. The number of ether oxygens (including phenoxy) is 1. The smallest absolute Gasteiger partial charge is 0.229 e. The van der Waals surface area contributed by atoms with E-state index in [0.29, 0.717) is 50.2 Å². The van der Waals surface area contributed by atoms with E-state index in [2.05, 4.69) is 10.0 Å². The maximum Gasteiger partial charge on any atom is 0.229 e. The second kappa shape index (κ2) is 8.70. The van der Waals surface area contributed by atoms with Crippen LogP contribution in [0.15, 0.2) is 30.4 Å². The van der Waals surface area contributed by atoms with E-state index >= 15 is 0 Å². The van der Waals surface area contributed by atoms with Crippen molar-refractivity contribution >= 4 is 21.8 Å². The molecule has 1 heterocycles. The quantitative estimate of drug-likeness (QED) is 0.421. The Balaban J connectivity index is 1.33. The second-order valence-corrected chi connectivity index (χ2v) is 10.5. The highest BCUT2D eigenvalue weighted by molar-refractivity contribution is 7.89. The number of allylic oxidation sites excluding steroid dienone is 1. The minimum Gasteiger partial charge on any atom is -0.490 e. The Morgan fingerprint density at radius 1 is 1.19 bits per heavy atom. The molecule has 2 amide bonds. The SMILES string of the molecule is O=C1CCC(C/C=C/CS(=O)(=O)NC2(c3ccc(F)c(OCC4CC4)c3)CC2)C(=O)N1. The molecule has 3 fully saturated rings. The molecule has 1 aromatic rings. The summed E-state index contributed by atoms with van der Waals surface area (Å²) in [6.07, 6.45) is 7.83. The fourth-order valence-corrected chi connectivity index (χ4v) is 5.13. The summed E-state index contributed by atoms with van der Waals surface area (Å²) in [4.78, 5) is 22.9. The molecule has 0 radical (unpaired) electrons. The van der Waals surface area contributed by atoms with Crippen LogP contribution < -0.4 is 14.8 Å². The van der Waals surface area contributed by atoms with Gasteiger partial charge in [-0.1, -0.05) is 18.2 Å². The molecule has 0 spiro atoms. The fraction of sp³-hybridized carbons (Fsp3) is 0.545. The van der Waals surface area contributed by atoms with Gasteiger partial charge in [0.2, 0.25) is 21.8 Å². The van der Waals surface area contributed by atoms with E-state index in [4.69, 9.17) is 4.74 Å². The minimum atomic E-state index is -3.61. The van der Waals surface area contributed by atoms with Crippen LogP contribution in [-0.4, -0.2) is 32.6 Å². The van der Waals surface area contributed by atoms with Gasteiger partial charge in [-0.2, -0.15) is 0 Å². The average Bonchev–Trinajstić information content (AvgIpc) is 3.62. The number of halogens is 1. The summed E-state index contributed by atoms with van der Waals surface area (Å²) in [6.45, 7) is 0.483. The van der Waals surface area contributed by atoms with Crippen molar-refractivity contribution in [2.24, 2.45) is 11.8 Å². The summed E-state index contributed by atoms with van der Waals surface area (Å²) in [5.41, 5.74) is -0.0161. The van der Waals surface area contributed by atoms with Gasteiger partial charge in [0.15, 0.2) is 11.6 Å². The van der Waals surface area contributed by atoms with Gasteiger partial charge in [0.1, 0.15) is 0 Å². The molecule has 1 atom stereocenters. The van der Waals surface area contributed by atoms with Crippen molar-refractivity contribution < 1.29 is 27.1 Å². The summed E-state index contributed by atoms with van der Waals surface area (Å²) in [6, 6.07) is 4.53. The van der Waals surface area contributed by atoms with Gasteiger partial charge in [-0.15, -0.1) is 0 Å². The van der Waals surface area contributed by atoms with Crippen LogP contribution in [0.2, 0.25) is 0 Å². The van der Waals surface area contributed by atoms with E-state index in [9.17, 15) is 22.4 Å². The molecule has 7 nitrogen and oxygen atoms in total. The first-order valence-corrected chi connectivity index (χ1v) is 12.3. The molecule has 1 aliphatic heterocycles. The van der Waals surface area contributed by atoms with Gasteiger partial charge >= 0.3 is 0 Å². The number of sulfonamides is 1. The molecule has 168 valence electrons. The third-order valence-electron chi connectivity index (χ3n) is 6.01. The van der Waals surface area contributed by atoms with Crippen LogP contribution in [-0.2, 0) is 25.2 Å². The van der Waals surface area contributed by atoms with E-state index in [-0.39, 0.29) is 29.2 Å². The molecule has 0 bridgehead atoms. The summed E-state index contributed by atoms with van der Waals surface area (Å²) < 4.78 is 47.6. The van der Waals surface area contributed by atoms with E-state index in [1.54, 1.807) is 18.2 Å². The zero-order valence-electron chi connectivity index (χ0n) is 17.2. The van der Waals surface area contributed by atoms with E-state index in [1.807, 2.05) is 0 Å². The Labute approximate surface area is 181 Å². The van der Waals surface area contributed by atoms with Crippen LogP contribution in [0, 0.1) is 17.7 Å². The molecular formula is C22H27FN2O5S. The monoisotopic (exact) mass is 450 g/mol. The molecule has 1 unspecified atom stereocenters. The van der Waals surface area contributed by atoms with E-state index < -0.39 is 21.4 Å². The lowest BCUT2D eigenvalue weighted by molar-refractivity contribution is -0.136. The molecule has 1 saturated heterocycles. The van der Waals surface area contributed by atoms with Gasteiger partial charge in [0.25, 0.3) is 0 Å². The lowest BCUT2D eigenvalue weighted by atomic mass is 9.95. The van der Waals surface area contributed by atoms with Gasteiger partial charge in [0, 0.05) is 12.3 Å². The number of imide groups is 1. The normalized spacial score (nSPS) is 23.1. The van der Waals surface area contributed by atoms with Crippen LogP contribution in [0.25, 0.3) is 0 Å². The molecule has 2 N–H and O–H groups in total. The first-order valence-electron chi connectivity index (χ1n) is 10.7. The number of hydrogen-bond donors (Lipinski definition) is 2. The van der Waals surface area contributed by atoms with Crippen LogP contribution >= 0.6 is 0 Å². The molecule has 3 aliphatic rings. The standard InChI is InChI=1S/C22H27FN2O5S/c23-18-8-7-17(13-19(18)30-14-15-4-5-15)22(10-11-22)25-31(28,29)12-2-1-3-16-6-9-20(26)24-21(16)27/h1-2,7-8,13,15-16,25H,3-6,9-12,14H2,(H,24,26,27)/b2-1+. The number of hydrogen-bond acceptors (Lipinski definition) is 5. The Morgan fingerprint density at radius 2 is 1.97 bits per heavy atom. The highest BCUT2D eigenvalue weighted by atomic mass is 32.2. The van der Waals surface area contributed by atoms with Crippen molar-refractivity contribution in [1.29, 1.82) is 0 Å². The van der Waals surface area contributed by atoms with Gasteiger partial charge in [-0.05, 0) is 62.1 Å². The Hall–Kier alpha value is -2.26. The van der Waals surface area contributed by atoms with Crippen LogP contribution in [0.4, 0.5) is 4.39 Å². The number of nitrogens with one attached hydrogen (secondary N) is 2. The largest absolute Gasteiger partial charge is 0.490 e. The van der Waals surface area contributed by atoms with E-state index in [0.717, 1.165) is 12.8 Å². The van der Waals surface area contributed by atoms with Gasteiger partial charge in [-0.25, -0.2) is 17.5 Å². The molecule has 31 heavy (non-hydrogen) atoms. The van der Waals surface area contributed by atoms with Crippen molar-refractivity contribution in [3.8, 4) is 5.75 Å². The van der Waals surface area contributed by atoms with Crippen molar-refractivity contribution in [3.63, 3.8) is 0 Å². The maximum atomic E-state index is 14.1. The van der Waals surface area contributed by atoms with Crippen LogP contribution in [0.3, 0.4) is 0 Å². The third-order valence-corrected chi connectivity index (χ3v) is 7.35. The van der Waals surface area contributed by atoms with Gasteiger partial charge in [-0.3, -0.25) is 14.9 Å². The molecular weight excluding hydrogens is 423 g/mol. The second-order valence-electron chi connectivity index (χ2n) is 8.72. The Kier molecular flexibility index (Phi) is 6.16. The van der Waals surface area contributed by atoms with Crippen molar-refractivity contribution in [2.75, 3.05) is 12.4 Å². The number of benzene rings is 1. The number of amides is 2. The number of piperidine rings is 1. The highest BCUT2D eigenvalue weighted by Gasteiger charge is 2.47. The summed E-state index contributed by atoms with van der Waals surface area (Å²) in [5, 5.41) is 2.29. The summed E-state index contributed by atoms with van der Waals surface area (Å²) >= 11 is 0. The van der Waals surface area contributed by atoms with Crippen LogP contribution in [0.5, 0.6) is 5.75 Å². The molecule has 2 saturated carbocycles. The molecule has 0 aromatic heterocycles. The predicted molar refractivity (Wildman–Crippen MR) is 112 cm³/mol. The highest BCUT2D eigenvalue weighted by Crippen LogP contribution is 2.47. The third kappa shape index (κ3) is 5.71. The lowest BCUT2D eigenvalue weighted by Crippen LogP contribution is -2.40. The zero-order valence-corrected chi connectivity index (χ0v) is 18.0. The fourth-order valence-electron chi connectivity index (χ4n) is 3.74. The topological polar surface area (TPSA) is 102 Å². The van der Waals surface area contributed by atoms with E-state index in [1.165, 1.54) is 12.1 Å². The molecule has 9 heteroatoms. The van der Waals surface area contributed by atoms with Crippen molar-refractivity contribution in [2.45, 2.75) is 50.5 Å². The maximum absolute atomic E-state index is 14.1. The molecule has 4 rings (SSSR count). The van der Waals surface area contributed by atoms with Crippen molar-refractivity contribution in [1.82, 2.24) is 10.0 Å². The summed E-state index contributed by atoms with van der Waals surface area (Å²) in [7, 11) is -3.61. The summed E-state index contributed by atoms with van der Waals surface area (Å²) in [5.74, 6) is -0.896. The Morgan fingerprint density at radius 3 is 2.65 bits per heavy atom. The number of rotatable bonds is 10. The first kappa shape index (κ1) is 22.0. The average molecular weight is 451 g/mol. The minimum absolute atomic E-state index is 0.166.